The highest BCUT2D eigenvalue weighted by Gasteiger charge is 2.22. The topological polar surface area (TPSA) is 29.5 Å². The number of hydrogen-bond acceptors (Lipinski definition) is 3. The van der Waals surface area contributed by atoms with Crippen molar-refractivity contribution in [3.05, 3.63) is 0 Å². The first-order chi connectivity index (χ1) is 6.25. The summed E-state index contributed by atoms with van der Waals surface area (Å²) in [7, 11) is 1.46. The van der Waals surface area contributed by atoms with Crippen molar-refractivity contribution in [1.29, 1.82) is 0 Å². The van der Waals surface area contributed by atoms with Gasteiger partial charge >= 0.3 is 5.97 Å². The summed E-state index contributed by atoms with van der Waals surface area (Å²) in [4.78, 5) is 13.5. The highest BCUT2D eigenvalue weighted by atomic mass is 16.5. The maximum Gasteiger partial charge on any atom is 0.322 e. The van der Waals surface area contributed by atoms with Gasteiger partial charge in [-0.05, 0) is 32.9 Å². The van der Waals surface area contributed by atoms with Gasteiger partial charge in [0.15, 0.2) is 0 Å². The van der Waals surface area contributed by atoms with E-state index in [4.69, 9.17) is 4.74 Å². The maximum absolute atomic E-state index is 11.3. The Bertz CT molecular complexity index is 162. The Balaban J connectivity index is 2.43. The van der Waals surface area contributed by atoms with Crippen molar-refractivity contribution < 1.29 is 9.53 Å². The third kappa shape index (κ3) is 2.99. The molecule has 0 bridgehead atoms. The molecule has 0 aromatic rings. The molecule has 0 aromatic carbocycles. The molecule has 0 aromatic heterocycles. The lowest BCUT2D eigenvalue weighted by molar-refractivity contribution is -0.146. The molecule has 1 rings (SSSR count). The average molecular weight is 185 g/mol. The number of methoxy groups -OCH3 is 1. The smallest absolute Gasteiger partial charge is 0.322 e. The molecule has 76 valence electrons. The molecule has 1 heterocycles. The minimum Gasteiger partial charge on any atom is -0.468 e. The molecule has 1 aliphatic rings. The molecule has 0 aliphatic carbocycles. The van der Waals surface area contributed by atoms with Crippen LogP contribution in [0.3, 0.4) is 0 Å². The third-order valence-electron chi connectivity index (χ3n) is 2.73. The van der Waals surface area contributed by atoms with Crippen LogP contribution >= 0.6 is 0 Å². The summed E-state index contributed by atoms with van der Waals surface area (Å²) in [5.74, 6) is -0.109. The van der Waals surface area contributed by atoms with E-state index in [2.05, 4.69) is 4.90 Å². The molecule has 0 N–H and O–H groups in total. The molecular formula is C10H19NO2. The lowest BCUT2D eigenvalue weighted by atomic mass is 10.2. The van der Waals surface area contributed by atoms with Crippen LogP contribution in [0.15, 0.2) is 0 Å². The fourth-order valence-corrected chi connectivity index (χ4v) is 1.80. The fourth-order valence-electron chi connectivity index (χ4n) is 1.80. The molecule has 1 saturated heterocycles. The van der Waals surface area contributed by atoms with Gasteiger partial charge < -0.3 is 4.74 Å². The van der Waals surface area contributed by atoms with Crippen molar-refractivity contribution in [2.75, 3.05) is 20.2 Å². The van der Waals surface area contributed by atoms with Gasteiger partial charge in [-0.3, -0.25) is 9.69 Å². The molecule has 0 saturated carbocycles. The molecule has 1 unspecified atom stereocenters. The van der Waals surface area contributed by atoms with Gasteiger partial charge in [0.2, 0.25) is 0 Å². The molecule has 0 spiro atoms. The Hall–Kier alpha value is -0.570. The zero-order chi connectivity index (χ0) is 9.68. The summed E-state index contributed by atoms with van der Waals surface area (Å²) in [6.45, 7) is 4.00. The lowest BCUT2D eigenvalue weighted by Crippen LogP contribution is -2.40. The summed E-state index contributed by atoms with van der Waals surface area (Å²) in [5, 5.41) is 0. The number of likely N-dealkylation sites (tertiary alicyclic amines) is 1. The van der Waals surface area contributed by atoms with E-state index in [1.165, 1.54) is 32.8 Å². The van der Waals surface area contributed by atoms with Crippen molar-refractivity contribution in [2.24, 2.45) is 0 Å². The monoisotopic (exact) mass is 185 g/mol. The molecule has 1 atom stereocenters. The fraction of sp³-hybridized carbons (Fsp3) is 0.900. The van der Waals surface area contributed by atoms with Crippen molar-refractivity contribution in [2.45, 2.75) is 38.6 Å². The number of hydrogen-bond donors (Lipinski definition) is 0. The van der Waals surface area contributed by atoms with Gasteiger partial charge in [-0.2, -0.15) is 0 Å². The number of carbonyl (C=O) groups is 1. The first kappa shape index (κ1) is 10.5. The number of rotatable bonds is 2. The number of esters is 1. The van der Waals surface area contributed by atoms with E-state index in [0.717, 1.165) is 13.1 Å². The number of nitrogens with zero attached hydrogens (tertiary/aromatic N) is 1. The van der Waals surface area contributed by atoms with Crippen molar-refractivity contribution >= 4 is 5.97 Å². The van der Waals surface area contributed by atoms with Gasteiger partial charge in [0.25, 0.3) is 0 Å². The number of carbonyl (C=O) groups excluding carboxylic acids is 1. The molecular weight excluding hydrogens is 166 g/mol. The largest absolute Gasteiger partial charge is 0.468 e. The Morgan fingerprint density at radius 1 is 1.23 bits per heavy atom. The second-order valence-electron chi connectivity index (χ2n) is 3.65. The first-order valence-corrected chi connectivity index (χ1v) is 5.07. The van der Waals surface area contributed by atoms with Gasteiger partial charge in [0.1, 0.15) is 6.04 Å². The highest BCUT2D eigenvalue weighted by Crippen LogP contribution is 2.12. The maximum atomic E-state index is 11.3. The van der Waals surface area contributed by atoms with Gasteiger partial charge in [-0.25, -0.2) is 0 Å². The highest BCUT2D eigenvalue weighted by molar-refractivity contribution is 5.75. The summed E-state index contributed by atoms with van der Waals surface area (Å²) in [6.07, 6.45) is 5.01. The Kier molecular flexibility index (Phi) is 4.22. The molecule has 13 heavy (non-hydrogen) atoms. The average Bonchev–Trinajstić information content (AvgIpc) is 2.43. The minimum atomic E-state index is -0.109. The molecule has 1 fully saturated rings. The van der Waals surface area contributed by atoms with Crippen LogP contribution in [0.25, 0.3) is 0 Å². The van der Waals surface area contributed by atoms with E-state index in [-0.39, 0.29) is 12.0 Å². The molecule has 0 amide bonds. The van der Waals surface area contributed by atoms with E-state index >= 15 is 0 Å². The Morgan fingerprint density at radius 3 is 2.23 bits per heavy atom. The quantitative estimate of drug-likeness (QED) is 0.609. The lowest BCUT2D eigenvalue weighted by Gasteiger charge is -2.25. The summed E-state index contributed by atoms with van der Waals surface area (Å²) < 4.78 is 4.73. The first-order valence-electron chi connectivity index (χ1n) is 5.07. The predicted octanol–water partition coefficient (Wildman–Crippen LogP) is 1.42. The van der Waals surface area contributed by atoms with E-state index < -0.39 is 0 Å². The Labute approximate surface area is 80.1 Å². The van der Waals surface area contributed by atoms with Gasteiger partial charge in [-0.15, -0.1) is 0 Å². The van der Waals surface area contributed by atoms with Crippen LogP contribution in [0.2, 0.25) is 0 Å². The second-order valence-corrected chi connectivity index (χ2v) is 3.65. The van der Waals surface area contributed by atoms with Crippen LogP contribution in [0.1, 0.15) is 32.6 Å². The van der Waals surface area contributed by atoms with Crippen LogP contribution in [-0.4, -0.2) is 37.1 Å². The van der Waals surface area contributed by atoms with E-state index in [1.54, 1.807) is 0 Å². The van der Waals surface area contributed by atoms with Crippen molar-refractivity contribution in [3.63, 3.8) is 0 Å². The predicted molar refractivity (Wildman–Crippen MR) is 51.5 cm³/mol. The van der Waals surface area contributed by atoms with E-state index in [1.807, 2.05) is 6.92 Å². The van der Waals surface area contributed by atoms with E-state index in [0.29, 0.717) is 0 Å². The molecule has 0 radical (unpaired) electrons. The van der Waals surface area contributed by atoms with Crippen LogP contribution < -0.4 is 0 Å². The van der Waals surface area contributed by atoms with Gasteiger partial charge in [-0.1, -0.05) is 12.8 Å². The van der Waals surface area contributed by atoms with Crippen LogP contribution in [0.4, 0.5) is 0 Å². The normalized spacial score (nSPS) is 22.0. The van der Waals surface area contributed by atoms with Crippen molar-refractivity contribution in [3.8, 4) is 0 Å². The van der Waals surface area contributed by atoms with Crippen molar-refractivity contribution in [1.82, 2.24) is 4.90 Å². The summed E-state index contributed by atoms with van der Waals surface area (Å²) >= 11 is 0. The summed E-state index contributed by atoms with van der Waals surface area (Å²) in [6, 6.07) is -0.0666. The minimum absolute atomic E-state index is 0.0666. The van der Waals surface area contributed by atoms with Crippen LogP contribution in [0, 0.1) is 0 Å². The molecule has 3 heteroatoms. The standard InChI is InChI=1S/C10H19NO2/c1-9(10(12)13-2)11-7-5-3-4-6-8-11/h9H,3-8H2,1-2H3. The summed E-state index contributed by atoms with van der Waals surface area (Å²) in [5.41, 5.74) is 0. The molecule has 1 aliphatic heterocycles. The molecule has 3 nitrogen and oxygen atoms in total. The van der Waals surface area contributed by atoms with Gasteiger partial charge in [0, 0.05) is 0 Å². The van der Waals surface area contributed by atoms with E-state index in [9.17, 15) is 4.79 Å². The SMILES string of the molecule is COC(=O)C(C)N1CCCCCC1. The van der Waals surface area contributed by atoms with Crippen LogP contribution in [-0.2, 0) is 9.53 Å². The Morgan fingerprint density at radius 2 is 1.77 bits per heavy atom. The zero-order valence-corrected chi connectivity index (χ0v) is 8.58. The number of ether oxygens (including phenoxy) is 1. The van der Waals surface area contributed by atoms with Crippen LogP contribution in [0.5, 0.6) is 0 Å². The second kappa shape index (κ2) is 5.22. The zero-order valence-electron chi connectivity index (χ0n) is 8.58. The van der Waals surface area contributed by atoms with Gasteiger partial charge in [0.05, 0.1) is 7.11 Å². The third-order valence-corrected chi connectivity index (χ3v) is 2.73.